The topological polar surface area (TPSA) is 173 Å². The first-order valence-corrected chi connectivity index (χ1v) is 29.7. The Labute approximate surface area is 428 Å². The van der Waals surface area contributed by atoms with E-state index in [0.29, 0.717) is 51.2 Å². The van der Waals surface area contributed by atoms with Crippen LogP contribution in [0.1, 0.15) is 195 Å². The first-order chi connectivity index (χ1) is 34.1. The van der Waals surface area contributed by atoms with E-state index < -0.39 is 22.2 Å². The lowest BCUT2D eigenvalue weighted by molar-refractivity contribution is 0.359. The minimum atomic E-state index is -0.524. The van der Waals surface area contributed by atoms with Gasteiger partial charge in [-0.15, -0.1) is 45.3 Å². The van der Waals surface area contributed by atoms with Crippen molar-refractivity contribution in [2.45, 2.75) is 208 Å². The first-order valence-electron chi connectivity index (χ1n) is 26.4. The lowest BCUT2D eigenvalue weighted by atomic mass is 9.91. The molecule has 4 heterocycles. The molecular weight excluding hydrogens is 949 g/mol. The van der Waals surface area contributed by atoms with Crippen molar-refractivity contribution in [1.29, 1.82) is 21.0 Å². The van der Waals surface area contributed by atoms with Crippen LogP contribution in [0.5, 0.6) is 0 Å². The summed E-state index contributed by atoms with van der Waals surface area (Å²) in [7, 11) is 0. The molecule has 0 N–H and O–H groups in total. The second kappa shape index (κ2) is 27.2. The SMILES string of the molecule is CCCCCCCCC(CCCCCC)CCn1c(=O)c2c3sc(=C(C#N)C#N)sc3c3c(=O)n(CCC(CCCCCC)CCCCCCCC)c(=O)c4c5sc(=C(C#N)C#N)sc5c(c1=O)c2c34. The number of pyridine rings is 2. The summed E-state index contributed by atoms with van der Waals surface area (Å²) in [4.78, 5) is 61.2. The third-order valence-corrected chi connectivity index (χ3v) is 19.7. The van der Waals surface area contributed by atoms with Crippen LogP contribution in [0.15, 0.2) is 19.2 Å². The standard InChI is InChI=1S/C56H70N6O4S4/c1-5-9-13-17-19-23-27-37(25-21-15-11-7-3)29-31-61-51(63)43-41-42-45(49-47(43)67-55(69-49)39(33-57)34-58)53(65)62(32-30-38(26-22-16-12-8-4)28-24-20-18-14-10-6-2)54(66)46(42)50-48(44(41)52(61)64)68-56(70-50)40(35-59)36-60/h37-38H,5-32H2,1-4H3. The van der Waals surface area contributed by atoms with Gasteiger partial charge in [0, 0.05) is 23.9 Å². The predicted octanol–water partition coefficient (Wildman–Crippen LogP) is 14.0. The third-order valence-electron chi connectivity index (χ3n) is 14.4. The summed E-state index contributed by atoms with van der Waals surface area (Å²) in [6.45, 7) is 9.17. The van der Waals surface area contributed by atoms with Crippen LogP contribution in [0, 0.1) is 57.2 Å². The van der Waals surface area contributed by atoms with Gasteiger partial charge in [-0.1, -0.05) is 182 Å². The Morgan fingerprint density at radius 3 is 0.871 bits per heavy atom. The van der Waals surface area contributed by atoms with Gasteiger partial charge in [-0.2, -0.15) is 21.0 Å². The third kappa shape index (κ3) is 12.3. The highest BCUT2D eigenvalue weighted by Crippen LogP contribution is 2.44. The van der Waals surface area contributed by atoms with Gasteiger partial charge in [-0.3, -0.25) is 28.3 Å². The summed E-state index contributed by atoms with van der Waals surface area (Å²) >= 11 is 4.40. The molecule has 0 spiro atoms. The summed E-state index contributed by atoms with van der Waals surface area (Å²) in [5, 5.41) is 41.6. The highest BCUT2D eigenvalue weighted by atomic mass is 32.2. The summed E-state index contributed by atoms with van der Waals surface area (Å²) in [5.74, 6) is 0.614. The van der Waals surface area contributed by atoms with Gasteiger partial charge in [0.25, 0.3) is 22.2 Å². The van der Waals surface area contributed by atoms with Crippen molar-refractivity contribution in [2.24, 2.45) is 11.8 Å². The fourth-order valence-corrected chi connectivity index (χ4v) is 15.8. The summed E-state index contributed by atoms with van der Waals surface area (Å²) < 4.78 is 4.96. The van der Waals surface area contributed by atoms with E-state index in [0.717, 1.165) is 148 Å². The molecule has 6 rings (SSSR count). The van der Waals surface area contributed by atoms with Gasteiger partial charge in [-0.25, -0.2) is 0 Å². The molecule has 0 fully saturated rings. The minimum Gasteiger partial charge on any atom is -0.274 e. The summed E-state index contributed by atoms with van der Waals surface area (Å²) in [6.07, 6.45) is 28.4. The number of rotatable bonds is 30. The van der Waals surface area contributed by atoms with Gasteiger partial charge >= 0.3 is 0 Å². The molecule has 0 amide bonds. The minimum absolute atomic E-state index is 0.146. The Morgan fingerprint density at radius 1 is 0.371 bits per heavy atom. The van der Waals surface area contributed by atoms with E-state index in [2.05, 4.69) is 27.7 Å². The van der Waals surface area contributed by atoms with Crippen LogP contribution in [0.4, 0.5) is 0 Å². The maximum atomic E-state index is 15.3. The van der Waals surface area contributed by atoms with Crippen molar-refractivity contribution in [2.75, 3.05) is 0 Å². The average molecular weight is 1020 g/mol. The van der Waals surface area contributed by atoms with Gasteiger partial charge < -0.3 is 0 Å². The molecule has 14 heteroatoms. The van der Waals surface area contributed by atoms with E-state index in [-0.39, 0.29) is 56.6 Å². The number of nitrogens with zero attached hydrogens (tertiary/aromatic N) is 6. The molecule has 0 bridgehead atoms. The van der Waals surface area contributed by atoms with Gasteiger partial charge in [-0.05, 0) is 24.7 Å². The number of benzene rings is 2. The molecule has 2 atom stereocenters. The van der Waals surface area contributed by atoms with Gasteiger partial charge in [0.15, 0.2) is 11.1 Å². The molecule has 372 valence electrons. The van der Waals surface area contributed by atoms with E-state index in [4.69, 9.17) is 0 Å². The van der Waals surface area contributed by atoms with Gasteiger partial charge in [0.05, 0.1) is 40.3 Å². The van der Waals surface area contributed by atoms with Gasteiger partial charge in [0.1, 0.15) is 32.0 Å². The molecular formula is C56H70N6O4S4. The molecule has 4 aromatic heterocycles. The van der Waals surface area contributed by atoms with Crippen molar-refractivity contribution >= 4 is 108 Å². The predicted molar refractivity (Wildman–Crippen MR) is 296 cm³/mol. The Bertz CT molecular complexity index is 2920. The quantitative estimate of drug-likeness (QED) is 0.0316. The Balaban J connectivity index is 1.61. The van der Waals surface area contributed by atoms with E-state index in [1.54, 1.807) is 0 Å². The monoisotopic (exact) mass is 1020 g/mol. The zero-order valence-corrected chi connectivity index (χ0v) is 45.2. The first kappa shape index (κ1) is 54.6. The molecule has 70 heavy (non-hydrogen) atoms. The average Bonchev–Trinajstić information content (AvgIpc) is 4.00. The van der Waals surface area contributed by atoms with Crippen LogP contribution < -0.4 is 29.9 Å². The number of unbranched alkanes of at least 4 members (excludes halogenated alkanes) is 16. The number of hydrogen-bond donors (Lipinski definition) is 0. The lowest BCUT2D eigenvalue weighted by Gasteiger charge is -2.20. The van der Waals surface area contributed by atoms with E-state index >= 15 is 19.2 Å². The summed E-state index contributed by atoms with van der Waals surface area (Å²) in [5.41, 5.74) is -2.39. The van der Waals surface area contributed by atoms with Crippen molar-refractivity contribution in [3.05, 3.63) is 49.1 Å². The normalized spacial score (nSPS) is 12.5. The molecule has 0 saturated carbocycles. The molecule has 10 nitrogen and oxygen atoms in total. The van der Waals surface area contributed by atoms with E-state index in [1.807, 2.05) is 24.3 Å². The Kier molecular flexibility index (Phi) is 21.2. The van der Waals surface area contributed by atoms with Crippen LogP contribution >= 0.6 is 45.3 Å². The van der Waals surface area contributed by atoms with Crippen molar-refractivity contribution in [3.63, 3.8) is 0 Å². The number of hydrogen-bond acceptors (Lipinski definition) is 12. The molecule has 0 aliphatic carbocycles. The van der Waals surface area contributed by atoms with E-state index in [1.165, 1.54) is 60.5 Å². The second-order valence-electron chi connectivity index (χ2n) is 19.4. The zero-order valence-electron chi connectivity index (χ0n) is 41.9. The molecule has 0 saturated heterocycles. The second-order valence-corrected chi connectivity index (χ2v) is 24.0. The van der Waals surface area contributed by atoms with Crippen LogP contribution in [0.3, 0.4) is 0 Å². The maximum Gasteiger partial charge on any atom is 0.262 e. The van der Waals surface area contributed by atoms with Crippen molar-refractivity contribution in [1.82, 2.24) is 9.13 Å². The van der Waals surface area contributed by atoms with Crippen LogP contribution in [0.25, 0.3) is 62.3 Å². The molecule has 6 aromatic rings. The fourth-order valence-electron chi connectivity index (χ4n) is 10.5. The Morgan fingerprint density at radius 2 is 0.614 bits per heavy atom. The van der Waals surface area contributed by atoms with Crippen LogP contribution in [0.2, 0.25) is 0 Å². The van der Waals surface area contributed by atoms with Gasteiger partial charge in [0.2, 0.25) is 0 Å². The fraction of sp³-hybridized carbons (Fsp3) is 0.607. The number of nitriles is 4. The van der Waals surface area contributed by atoms with Crippen LogP contribution in [-0.4, -0.2) is 9.13 Å². The Hall–Kier alpha value is -4.70. The molecule has 0 radical (unpaired) electrons. The highest BCUT2D eigenvalue weighted by molar-refractivity contribution is 7.38. The summed E-state index contributed by atoms with van der Waals surface area (Å²) in [6, 6.07) is 8.01. The zero-order chi connectivity index (χ0) is 50.2. The molecule has 2 unspecified atom stereocenters. The largest absolute Gasteiger partial charge is 0.274 e. The van der Waals surface area contributed by atoms with E-state index in [9.17, 15) is 21.0 Å². The van der Waals surface area contributed by atoms with Crippen molar-refractivity contribution < 1.29 is 0 Å². The molecule has 0 aliphatic heterocycles. The number of fused-ring (bicyclic) bond motifs is 6. The highest BCUT2D eigenvalue weighted by Gasteiger charge is 2.30. The number of aromatic nitrogens is 2. The smallest absolute Gasteiger partial charge is 0.262 e. The molecule has 2 aromatic carbocycles. The van der Waals surface area contributed by atoms with Crippen molar-refractivity contribution in [3.8, 4) is 24.3 Å². The van der Waals surface area contributed by atoms with Crippen LogP contribution in [-0.2, 0) is 13.1 Å². The molecule has 0 aliphatic rings. The maximum absolute atomic E-state index is 15.3. The lowest BCUT2D eigenvalue weighted by Crippen LogP contribution is -2.36.